The van der Waals surface area contributed by atoms with Crippen LogP contribution in [0.3, 0.4) is 0 Å². The minimum absolute atomic E-state index is 0.387. The Kier molecular flexibility index (Phi) is 4.96. The molecule has 0 saturated heterocycles. The molecule has 2 rings (SSSR count). The number of hydrogen-bond donors (Lipinski definition) is 1. The number of benzene rings is 2. The summed E-state index contributed by atoms with van der Waals surface area (Å²) in [4.78, 5) is 4.65. The van der Waals surface area contributed by atoms with E-state index in [1.807, 2.05) is 49.4 Å². The topological polar surface area (TPSA) is 44.5 Å². The van der Waals surface area contributed by atoms with Crippen LogP contribution in [0.5, 0.6) is 5.75 Å². The molecule has 0 atom stereocenters. The molecule has 19 heavy (non-hydrogen) atoms. The summed E-state index contributed by atoms with van der Waals surface area (Å²) in [5, 5.41) is 0. The van der Waals surface area contributed by atoms with Crippen LogP contribution in [-0.2, 0) is 18.1 Å². The first-order valence-corrected chi connectivity index (χ1v) is 6.77. The van der Waals surface area contributed by atoms with Gasteiger partial charge in [-0.05, 0) is 51.7 Å². The third kappa shape index (κ3) is 3.80. The summed E-state index contributed by atoms with van der Waals surface area (Å²) in [6.07, 6.45) is 0. The van der Waals surface area contributed by atoms with E-state index in [-0.39, 0.29) is 0 Å². The van der Waals surface area contributed by atoms with Gasteiger partial charge in [0.1, 0.15) is 12.4 Å². The number of halogens is 1. The summed E-state index contributed by atoms with van der Waals surface area (Å²) >= 11 is 3.52. The highest BCUT2D eigenvalue weighted by Crippen LogP contribution is 2.31. The fourth-order valence-electron chi connectivity index (χ4n) is 1.89. The van der Waals surface area contributed by atoms with Gasteiger partial charge in [-0.1, -0.05) is 30.3 Å². The molecular weight excluding hydrogens is 306 g/mol. The van der Waals surface area contributed by atoms with E-state index in [1.165, 1.54) is 0 Å². The van der Waals surface area contributed by atoms with E-state index >= 15 is 0 Å². The van der Waals surface area contributed by atoms with Gasteiger partial charge in [-0.25, -0.2) is 5.90 Å². The molecule has 0 saturated carbocycles. The van der Waals surface area contributed by atoms with Crippen molar-refractivity contribution in [2.24, 2.45) is 5.90 Å². The predicted octanol–water partition coefficient (Wildman–Crippen LogP) is 3.73. The fraction of sp³-hybridized carbons (Fsp3) is 0.200. The average molecular weight is 322 g/mol. The average Bonchev–Trinajstić information content (AvgIpc) is 2.39. The first-order chi connectivity index (χ1) is 9.20. The second-order valence-corrected chi connectivity index (χ2v) is 5.16. The molecule has 0 spiro atoms. The number of nitrogens with two attached hydrogens (primary N) is 1. The van der Waals surface area contributed by atoms with E-state index in [0.717, 1.165) is 26.9 Å². The van der Waals surface area contributed by atoms with E-state index in [1.54, 1.807) is 0 Å². The van der Waals surface area contributed by atoms with E-state index in [0.29, 0.717) is 13.2 Å². The molecule has 0 fully saturated rings. The Hall–Kier alpha value is -1.36. The van der Waals surface area contributed by atoms with Crippen molar-refractivity contribution in [3.63, 3.8) is 0 Å². The molecule has 0 aliphatic carbocycles. The molecule has 0 radical (unpaired) electrons. The Bertz CT molecular complexity index is 520. The van der Waals surface area contributed by atoms with Gasteiger partial charge in [-0.15, -0.1) is 0 Å². The predicted molar refractivity (Wildman–Crippen MR) is 78.6 cm³/mol. The monoisotopic (exact) mass is 321 g/mol. The van der Waals surface area contributed by atoms with Gasteiger partial charge in [-0.2, -0.15) is 0 Å². The highest BCUT2D eigenvalue weighted by molar-refractivity contribution is 9.10. The van der Waals surface area contributed by atoms with Gasteiger partial charge in [0.05, 0.1) is 11.1 Å². The maximum absolute atomic E-state index is 5.87. The third-order valence-corrected chi connectivity index (χ3v) is 3.35. The molecule has 2 aromatic carbocycles. The molecule has 0 aliphatic heterocycles. The van der Waals surface area contributed by atoms with Crippen molar-refractivity contribution in [1.82, 2.24) is 0 Å². The fourth-order valence-corrected chi connectivity index (χ4v) is 2.62. The molecule has 2 N–H and O–H groups in total. The second kappa shape index (κ2) is 6.70. The Labute approximate surface area is 121 Å². The molecule has 2 aromatic rings. The summed E-state index contributed by atoms with van der Waals surface area (Å²) in [6.45, 7) is 2.94. The van der Waals surface area contributed by atoms with Crippen molar-refractivity contribution in [3.05, 3.63) is 63.6 Å². The molecule has 0 aliphatic rings. The van der Waals surface area contributed by atoms with Crippen LogP contribution in [0.4, 0.5) is 0 Å². The highest BCUT2D eigenvalue weighted by Gasteiger charge is 2.08. The first-order valence-electron chi connectivity index (χ1n) is 5.98. The number of aryl methyl sites for hydroxylation is 1. The van der Waals surface area contributed by atoms with Crippen molar-refractivity contribution >= 4 is 15.9 Å². The van der Waals surface area contributed by atoms with Gasteiger partial charge < -0.3 is 4.74 Å². The van der Waals surface area contributed by atoms with Crippen molar-refractivity contribution in [3.8, 4) is 5.75 Å². The number of hydrogen-bond acceptors (Lipinski definition) is 3. The molecule has 0 bridgehead atoms. The maximum Gasteiger partial charge on any atom is 0.136 e. The lowest BCUT2D eigenvalue weighted by Crippen LogP contribution is -2.02. The zero-order valence-electron chi connectivity index (χ0n) is 10.7. The zero-order valence-corrected chi connectivity index (χ0v) is 12.3. The van der Waals surface area contributed by atoms with Gasteiger partial charge >= 0.3 is 0 Å². The minimum atomic E-state index is 0.387. The van der Waals surface area contributed by atoms with E-state index < -0.39 is 0 Å². The van der Waals surface area contributed by atoms with Gasteiger partial charge in [0.25, 0.3) is 0 Å². The van der Waals surface area contributed by atoms with Gasteiger partial charge in [0, 0.05) is 0 Å². The number of ether oxygens (including phenoxy) is 1. The summed E-state index contributed by atoms with van der Waals surface area (Å²) in [5.41, 5.74) is 3.21. The molecular formula is C15H16BrNO2. The highest BCUT2D eigenvalue weighted by atomic mass is 79.9. The van der Waals surface area contributed by atoms with Crippen LogP contribution in [0.15, 0.2) is 46.9 Å². The second-order valence-electron chi connectivity index (χ2n) is 4.31. The van der Waals surface area contributed by atoms with Crippen molar-refractivity contribution in [1.29, 1.82) is 0 Å². The molecule has 0 aromatic heterocycles. The SMILES string of the molecule is Cc1cc(CON)cc(Br)c1OCc1ccccc1. The van der Waals surface area contributed by atoms with Gasteiger partial charge in [-0.3, -0.25) is 4.84 Å². The normalized spacial score (nSPS) is 10.5. The van der Waals surface area contributed by atoms with Crippen LogP contribution < -0.4 is 10.6 Å². The quantitative estimate of drug-likeness (QED) is 0.853. The molecule has 0 amide bonds. The van der Waals surface area contributed by atoms with E-state index in [2.05, 4.69) is 20.8 Å². The van der Waals surface area contributed by atoms with Crippen LogP contribution in [-0.4, -0.2) is 0 Å². The van der Waals surface area contributed by atoms with Crippen molar-refractivity contribution < 1.29 is 9.57 Å². The summed E-state index contributed by atoms with van der Waals surface area (Å²) < 4.78 is 6.78. The molecule has 4 heteroatoms. The summed E-state index contributed by atoms with van der Waals surface area (Å²) in [5.74, 6) is 5.94. The Balaban J connectivity index is 2.12. The van der Waals surface area contributed by atoms with Crippen molar-refractivity contribution in [2.45, 2.75) is 20.1 Å². The lowest BCUT2D eigenvalue weighted by molar-refractivity contribution is 0.124. The lowest BCUT2D eigenvalue weighted by atomic mass is 10.1. The Morgan fingerprint density at radius 2 is 1.79 bits per heavy atom. The van der Waals surface area contributed by atoms with E-state index in [9.17, 15) is 0 Å². The molecule has 3 nitrogen and oxygen atoms in total. The van der Waals surface area contributed by atoms with Crippen LogP contribution in [0.1, 0.15) is 16.7 Å². The van der Waals surface area contributed by atoms with Crippen LogP contribution in [0.2, 0.25) is 0 Å². The Morgan fingerprint density at radius 1 is 1.05 bits per heavy atom. The zero-order chi connectivity index (χ0) is 13.7. The third-order valence-electron chi connectivity index (χ3n) is 2.77. The van der Waals surface area contributed by atoms with Gasteiger partial charge in [0.2, 0.25) is 0 Å². The maximum atomic E-state index is 5.87. The standard InChI is InChI=1S/C15H16BrNO2/c1-11-7-13(10-19-17)8-14(16)15(11)18-9-12-5-3-2-4-6-12/h2-8H,9-10,17H2,1H3. The van der Waals surface area contributed by atoms with Crippen LogP contribution >= 0.6 is 15.9 Å². The molecule has 0 unspecified atom stereocenters. The van der Waals surface area contributed by atoms with Crippen molar-refractivity contribution in [2.75, 3.05) is 0 Å². The van der Waals surface area contributed by atoms with Crippen LogP contribution in [0.25, 0.3) is 0 Å². The molecule has 0 heterocycles. The minimum Gasteiger partial charge on any atom is -0.487 e. The largest absolute Gasteiger partial charge is 0.487 e. The Morgan fingerprint density at radius 3 is 2.42 bits per heavy atom. The smallest absolute Gasteiger partial charge is 0.136 e. The summed E-state index contributed by atoms with van der Waals surface area (Å²) in [6, 6.07) is 14.1. The number of rotatable bonds is 5. The van der Waals surface area contributed by atoms with Gasteiger partial charge in [0.15, 0.2) is 0 Å². The summed E-state index contributed by atoms with van der Waals surface area (Å²) in [7, 11) is 0. The van der Waals surface area contributed by atoms with E-state index in [4.69, 9.17) is 10.6 Å². The van der Waals surface area contributed by atoms with Crippen LogP contribution in [0, 0.1) is 6.92 Å². The molecule has 100 valence electrons. The lowest BCUT2D eigenvalue weighted by Gasteiger charge is -2.13. The first kappa shape index (κ1) is 14.1.